The number of aromatic carboxylic acids is 1. The largest absolute Gasteiger partial charge is 0.505 e. The lowest BCUT2D eigenvalue weighted by Gasteiger charge is -2.20. The Morgan fingerprint density at radius 2 is 1.64 bits per heavy atom. The highest BCUT2D eigenvalue weighted by Gasteiger charge is 2.28. The molecule has 8 heteroatoms. The van der Waals surface area contributed by atoms with E-state index in [4.69, 9.17) is 4.42 Å². The van der Waals surface area contributed by atoms with Gasteiger partial charge in [-0.1, -0.05) is 26.8 Å². The van der Waals surface area contributed by atoms with Crippen molar-refractivity contribution < 1.29 is 33.0 Å². The van der Waals surface area contributed by atoms with Crippen LogP contribution in [-0.4, -0.2) is 22.0 Å². The van der Waals surface area contributed by atoms with Gasteiger partial charge in [0.15, 0.2) is 23.2 Å². The van der Waals surface area contributed by atoms with E-state index in [9.17, 15) is 33.4 Å². The number of rotatable bonds is 3. The smallest absolute Gasteiger partial charge is 0.336 e. The molecule has 0 amide bonds. The molecule has 2 N–H and O–H groups in total. The molecule has 0 bridgehead atoms. The highest BCUT2D eigenvalue weighted by molar-refractivity contribution is 6.10. The average molecular weight is 452 g/mol. The first-order chi connectivity index (χ1) is 15.4. The third-order valence-electron chi connectivity index (χ3n) is 5.30. The third-order valence-corrected chi connectivity index (χ3v) is 5.30. The maximum atomic E-state index is 14.3. The summed E-state index contributed by atoms with van der Waals surface area (Å²) in [5.41, 5.74) is -1.77. The van der Waals surface area contributed by atoms with Crippen LogP contribution >= 0.6 is 0 Å². The van der Waals surface area contributed by atoms with Crippen molar-refractivity contribution in [3.05, 3.63) is 75.4 Å². The maximum absolute atomic E-state index is 14.3. The molecular formula is C25H18F2O6. The number of carboxylic acid groups (broad SMARTS) is 1. The minimum Gasteiger partial charge on any atom is -0.505 e. The Labute approximate surface area is 186 Å². The van der Waals surface area contributed by atoms with Crippen molar-refractivity contribution in [2.45, 2.75) is 20.8 Å². The molecule has 4 rings (SSSR count). The van der Waals surface area contributed by atoms with E-state index in [1.165, 1.54) is 18.2 Å². The standard InChI is InChI=1S/C25H18F2O6/c1-25(2,3)23(30)11-4-5-12(24(31)32)13(6-11)22-14-7-16(26)18(28)9-20(14)33-21-10-19(29)17(27)8-15(21)22/h4-10,28H,1-3H3,(H,31,32). The van der Waals surface area contributed by atoms with Gasteiger partial charge in [0.25, 0.3) is 0 Å². The lowest BCUT2D eigenvalue weighted by atomic mass is 9.83. The summed E-state index contributed by atoms with van der Waals surface area (Å²) < 4.78 is 34.2. The highest BCUT2D eigenvalue weighted by Crippen LogP contribution is 2.43. The van der Waals surface area contributed by atoms with Crippen molar-refractivity contribution in [3.63, 3.8) is 0 Å². The summed E-state index contributed by atoms with van der Waals surface area (Å²) >= 11 is 0. The predicted molar refractivity (Wildman–Crippen MR) is 117 cm³/mol. The zero-order chi connectivity index (χ0) is 24.2. The van der Waals surface area contributed by atoms with E-state index in [0.29, 0.717) is 0 Å². The fourth-order valence-electron chi connectivity index (χ4n) is 3.70. The lowest BCUT2D eigenvalue weighted by molar-refractivity contribution is 0.0697. The quantitative estimate of drug-likeness (QED) is 0.315. The monoisotopic (exact) mass is 452 g/mol. The SMILES string of the molecule is CC(C)(C)C(=O)c1ccc(C(=O)O)c(-c2c3cc(F)c(=O)cc-3oc3cc(O)c(F)cc23)c1. The molecule has 6 nitrogen and oxygen atoms in total. The van der Waals surface area contributed by atoms with Gasteiger partial charge in [0.1, 0.15) is 11.3 Å². The number of carbonyl (C=O) groups excluding carboxylic acids is 1. The van der Waals surface area contributed by atoms with Crippen LogP contribution in [0.2, 0.25) is 0 Å². The molecule has 0 radical (unpaired) electrons. The Kier molecular flexibility index (Phi) is 5.04. The molecule has 0 saturated heterocycles. The number of hydrogen-bond acceptors (Lipinski definition) is 5. The van der Waals surface area contributed by atoms with Gasteiger partial charge in [-0.25, -0.2) is 13.6 Å². The summed E-state index contributed by atoms with van der Waals surface area (Å²) in [5, 5.41) is 19.6. The molecule has 2 aromatic rings. The van der Waals surface area contributed by atoms with Crippen molar-refractivity contribution in [1.82, 2.24) is 0 Å². The number of hydrogen-bond donors (Lipinski definition) is 2. The number of aromatic hydroxyl groups is 1. The van der Waals surface area contributed by atoms with Crippen LogP contribution in [0.5, 0.6) is 5.75 Å². The van der Waals surface area contributed by atoms with Crippen molar-refractivity contribution in [3.8, 4) is 28.2 Å². The molecule has 0 atom stereocenters. The first-order valence-electron chi connectivity index (χ1n) is 9.89. The first-order valence-corrected chi connectivity index (χ1v) is 9.89. The number of phenols is 1. The van der Waals surface area contributed by atoms with E-state index in [-0.39, 0.29) is 50.3 Å². The molecule has 0 fully saturated rings. The minimum absolute atomic E-state index is 0.00605. The average Bonchev–Trinajstić information content (AvgIpc) is 2.73. The van der Waals surface area contributed by atoms with E-state index < -0.39 is 34.2 Å². The van der Waals surface area contributed by atoms with Gasteiger partial charge in [-0.05, 0) is 29.8 Å². The van der Waals surface area contributed by atoms with Gasteiger partial charge in [-0.2, -0.15) is 0 Å². The van der Waals surface area contributed by atoms with Crippen LogP contribution in [0.4, 0.5) is 8.78 Å². The summed E-state index contributed by atoms with van der Waals surface area (Å²) in [6.07, 6.45) is 0. The lowest BCUT2D eigenvalue weighted by Crippen LogP contribution is -2.20. The second-order valence-corrected chi connectivity index (χ2v) is 8.70. The molecule has 0 saturated carbocycles. The van der Waals surface area contributed by atoms with Crippen LogP contribution in [0, 0.1) is 17.0 Å². The van der Waals surface area contributed by atoms with Crippen molar-refractivity contribution in [2.75, 3.05) is 0 Å². The van der Waals surface area contributed by atoms with Gasteiger partial charge in [-0.3, -0.25) is 9.59 Å². The normalized spacial score (nSPS) is 11.8. The van der Waals surface area contributed by atoms with E-state index in [1.54, 1.807) is 20.8 Å². The summed E-state index contributed by atoms with van der Waals surface area (Å²) in [6.45, 7) is 5.11. The van der Waals surface area contributed by atoms with E-state index in [0.717, 1.165) is 24.3 Å². The molecule has 1 heterocycles. The number of carboxylic acids is 1. The first kappa shape index (κ1) is 22.1. The van der Waals surface area contributed by atoms with Gasteiger partial charge in [0.2, 0.25) is 5.43 Å². The van der Waals surface area contributed by atoms with Gasteiger partial charge in [-0.15, -0.1) is 0 Å². The zero-order valence-corrected chi connectivity index (χ0v) is 17.8. The number of benzene rings is 3. The number of fused-ring (bicyclic) bond motifs is 2. The van der Waals surface area contributed by atoms with Crippen LogP contribution in [0.3, 0.4) is 0 Å². The molecular weight excluding hydrogens is 434 g/mol. The fourth-order valence-corrected chi connectivity index (χ4v) is 3.70. The van der Waals surface area contributed by atoms with Crippen LogP contribution < -0.4 is 5.43 Å². The number of Topliss-reactive ketones (excluding diaryl/α,β-unsaturated/α-hetero) is 1. The van der Waals surface area contributed by atoms with Gasteiger partial charge in [0, 0.05) is 39.6 Å². The molecule has 0 unspecified atom stereocenters. The molecule has 1 aliphatic heterocycles. The Morgan fingerprint density at radius 3 is 2.27 bits per heavy atom. The van der Waals surface area contributed by atoms with E-state index in [1.807, 2.05) is 0 Å². The fraction of sp³-hybridized carbons (Fsp3) is 0.160. The highest BCUT2D eigenvalue weighted by atomic mass is 19.1. The second kappa shape index (κ2) is 7.51. The molecule has 0 spiro atoms. The predicted octanol–water partition coefficient (Wildman–Crippen LogP) is 5.48. The number of halogens is 2. The summed E-state index contributed by atoms with van der Waals surface area (Å²) in [5.74, 6) is -4.56. The summed E-state index contributed by atoms with van der Waals surface area (Å²) in [4.78, 5) is 36.8. The molecule has 33 heavy (non-hydrogen) atoms. The Bertz CT molecular complexity index is 1490. The summed E-state index contributed by atoms with van der Waals surface area (Å²) in [6, 6.07) is 7.64. The maximum Gasteiger partial charge on any atom is 0.336 e. The van der Waals surface area contributed by atoms with Crippen LogP contribution in [0.1, 0.15) is 41.5 Å². The number of phenolic OH excluding ortho intramolecular Hbond substituents is 1. The molecule has 1 aliphatic carbocycles. The van der Waals surface area contributed by atoms with Crippen LogP contribution in [0.15, 0.2) is 51.7 Å². The van der Waals surface area contributed by atoms with Crippen molar-refractivity contribution in [2.24, 2.45) is 5.41 Å². The van der Waals surface area contributed by atoms with Gasteiger partial charge < -0.3 is 14.6 Å². The Hall–Kier alpha value is -4.07. The van der Waals surface area contributed by atoms with Crippen LogP contribution in [-0.2, 0) is 0 Å². The van der Waals surface area contributed by atoms with Gasteiger partial charge >= 0.3 is 5.97 Å². The van der Waals surface area contributed by atoms with Crippen molar-refractivity contribution in [1.29, 1.82) is 0 Å². The molecule has 2 aromatic carbocycles. The van der Waals surface area contributed by atoms with Crippen molar-refractivity contribution >= 4 is 22.7 Å². The zero-order valence-electron chi connectivity index (χ0n) is 17.8. The third kappa shape index (κ3) is 3.73. The number of carbonyl (C=O) groups is 2. The second-order valence-electron chi connectivity index (χ2n) is 8.70. The minimum atomic E-state index is -1.33. The summed E-state index contributed by atoms with van der Waals surface area (Å²) in [7, 11) is 0. The van der Waals surface area contributed by atoms with E-state index >= 15 is 0 Å². The molecule has 0 aromatic heterocycles. The Morgan fingerprint density at radius 1 is 0.939 bits per heavy atom. The van der Waals surface area contributed by atoms with E-state index in [2.05, 4.69) is 0 Å². The molecule has 168 valence electrons. The van der Waals surface area contributed by atoms with Gasteiger partial charge in [0.05, 0.1) is 5.56 Å². The van der Waals surface area contributed by atoms with Crippen LogP contribution in [0.25, 0.3) is 33.4 Å². The number of ketones is 1. The molecule has 2 aliphatic rings. The Balaban J connectivity index is 2.21. The topological polar surface area (TPSA) is 105 Å².